The summed E-state index contributed by atoms with van der Waals surface area (Å²) in [7, 11) is 2.20. The lowest BCUT2D eigenvalue weighted by Gasteiger charge is -2.38. The van der Waals surface area contributed by atoms with Crippen molar-refractivity contribution >= 4 is 37.2 Å². The molecule has 3 rings (SSSR count). The van der Waals surface area contributed by atoms with Crippen LogP contribution < -0.4 is 0 Å². The maximum Gasteiger partial charge on any atom is 0.0480 e. The molecule has 146 valence electrons. The molecule has 0 aliphatic carbocycles. The first kappa shape index (κ1) is 24.9. The summed E-state index contributed by atoms with van der Waals surface area (Å²) < 4.78 is 5.50. The summed E-state index contributed by atoms with van der Waals surface area (Å²) in [6, 6.07) is 1.27. The van der Waals surface area contributed by atoms with Gasteiger partial charge in [-0.15, -0.1) is 37.2 Å². The fourth-order valence-corrected chi connectivity index (χ4v) is 3.54. The molecule has 4 nitrogen and oxygen atoms in total. The Labute approximate surface area is 170 Å². The average Bonchev–Trinajstić information content (AvgIpc) is 2.55. The van der Waals surface area contributed by atoms with Crippen LogP contribution in [0.1, 0.15) is 43.4 Å². The summed E-state index contributed by atoms with van der Waals surface area (Å²) in [4.78, 5) is 9.54. The van der Waals surface area contributed by atoms with Gasteiger partial charge in [0.25, 0.3) is 0 Å². The Kier molecular flexibility index (Phi) is 11.5. The number of rotatable bonds is 4. The number of hydrogen-bond acceptors (Lipinski definition) is 4. The number of aromatic nitrogens is 1. The average molecular weight is 413 g/mol. The van der Waals surface area contributed by atoms with Crippen molar-refractivity contribution in [1.29, 1.82) is 0 Å². The fourth-order valence-electron chi connectivity index (χ4n) is 3.54. The van der Waals surface area contributed by atoms with E-state index in [1.165, 1.54) is 30.5 Å². The van der Waals surface area contributed by atoms with Gasteiger partial charge in [-0.05, 0) is 56.8 Å². The Bertz CT molecular complexity index is 510. The maximum absolute atomic E-state index is 5.50. The van der Waals surface area contributed by atoms with Crippen LogP contribution in [0.2, 0.25) is 0 Å². The molecular formula is C18H32Cl3N3O. The second-order valence-electron chi connectivity index (χ2n) is 7.01. The van der Waals surface area contributed by atoms with E-state index in [9.17, 15) is 0 Å². The van der Waals surface area contributed by atoms with E-state index in [4.69, 9.17) is 4.74 Å². The largest absolute Gasteiger partial charge is 0.381 e. The van der Waals surface area contributed by atoms with Gasteiger partial charge in [0.05, 0.1) is 0 Å². The van der Waals surface area contributed by atoms with Crippen molar-refractivity contribution in [2.45, 2.75) is 58.3 Å². The summed E-state index contributed by atoms with van der Waals surface area (Å²) in [5.41, 5.74) is 4.40. The first-order valence-electron chi connectivity index (χ1n) is 8.62. The molecule has 0 aromatic carbocycles. The monoisotopic (exact) mass is 411 g/mol. The molecule has 2 aliphatic heterocycles. The zero-order valence-corrected chi connectivity index (χ0v) is 17.9. The minimum Gasteiger partial charge on any atom is -0.381 e. The topological polar surface area (TPSA) is 28.6 Å². The van der Waals surface area contributed by atoms with E-state index in [-0.39, 0.29) is 37.2 Å². The first-order chi connectivity index (χ1) is 10.6. The minimum absolute atomic E-state index is 0. The highest BCUT2D eigenvalue weighted by Crippen LogP contribution is 2.26. The third-order valence-corrected chi connectivity index (χ3v) is 5.27. The molecule has 25 heavy (non-hydrogen) atoms. The Morgan fingerprint density at radius 1 is 1.20 bits per heavy atom. The molecule has 7 heteroatoms. The number of hydrogen-bond donors (Lipinski definition) is 0. The van der Waals surface area contributed by atoms with Crippen molar-refractivity contribution < 1.29 is 4.74 Å². The van der Waals surface area contributed by atoms with Crippen molar-refractivity contribution in [3.63, 3.8) is 0 Å². The summed E-state index contributed by atoms with van der Waals surface area (Å²) >= 11 is 0. The highest BCUT2D eigenvalue weighted by Gasteiger charge is 2.26. The van der Waals surface area contributed by atoms with Gasteiger partial charge in [-0.25, -0.2) is 0 Å². The second-order valence-corrected chi connectivity index (χ2v) is 7.01. The van der Waals surface area contributed by atoms with Crippen molar-refractivity contribution in [2.75, 3.05) is 26.8 Å². The summed E-state index contributed by atoms with van der Waals surface area (Å²) in [5, 5.41) is 0. The standard InChI is InChI=1S/C18H29N3O.3ClH/c1-14(2)20(3)12-15-10-19-11-16-13-21(7-4-18(15)16)17-5-8-22-9-6-17;;;/h10-11,14,17H,4-9,12-13H2,1-3H3;3*1H. The highest BCUT2D eigenvalue weighted by molar-refractivity contribution is 5.86. The van der Waals surface area contributed by atoms with E-state index >= 15 is 0 Å². The lowest BCUT2D eigenvalue weighted by molar-refractivity contribution is 0.0289. The predicted octanol–water partition coefficient (Wildman–Crippen LogP) is 3.72. The summed E-state index contributed by atoms with van der Waals surface area (Å²) in [5.74, 6) is 0. The van der Waals surface area contributed by atoms with Crippen molar-refractivity contribution in [1.82, 2.24) is 14.8 Å². The zero-order chi connectivity index (χ0) is 15.5. The van der Waals surface area contributed by atoms with Gasteiger partial charge >= 0.3 is 0 Å². The van der Waals surface area contributed by atoms with Gasteiger partial charge in [-0.1, -0.05) is 0 Å². The van der Waals surface area contributed by atoms with Gasteiger partial charge in [0.2, 0.25) is 0 Å². The van der Waals surface area contributed by atoms with Crippen LogP contribution in [-0.2, 0) is 24.2 Å². The van der Waals surface area contributed by atoms with Crippen molar-refractivity contribution in [3.8, 4) is 0 Å². The molecule has 0 amide bonds. The van der Waals surface area contributed by atoms with E-state index in [0.717, 1.165) is 32.7 Å². The van der Waals surface area contributed by atoms with Gasteiger partial charge in [0, 0.05) is 57.3 Å². The smallest absolute Gasteiger partial charge is 0.0480 e. The number of ether oxygens (including phenoxy) is 1. The van der Waals surface area contributed by atoms with Crippen molar-refractivity contribution in [2.24, 2.45) is 0 Å². The third kappa shape index (κ3) is 6.23. The van der Waals surface area contributed by atoms with Crippen LogP contribution in [-0.4, -0.2) is 53.7 Å². The third-order valence-electron chi connectivity index (χ3n) is 5.27. The number of nitrogens with zero attached hydrogens (tertiary/aromatic N) is 3. The van der Waals surface area contributed by atoms with Gasteiger partial charge in [-0.2, -0.15) is 0 Å². The normalized spacial score (nSPS) is 18.1. The molecular weight excluding hydrogens is 381 g/mol. The lowest BCUT2D eigenvalue weighted by atomic mass is 9.94. The van der Waals surface area contributed by atoms with Crippen LogP contribution in [0.15, 0.2) is 12.4 Å². The quantitative estimate of drug-likeness (QED) is 0.753. The molecule has 1 saturated heterocycles. The molecule has 0 bridgehead atoms. The number of pyridine rings is 1. The summed E-state index contributed by atoms with van der Waals surface area (Å²) in [6.45, 7) is 9.58. The SMILES string of the molecule is CC(C)N(C)Cc1cncc2c1CCN(C1CCOCC1)C2.Cl.Cl.Cl. The molecule has 1 fully saturated rings. The molecule has 0 N–H and O–H groups in total. The van der Waals surface area contributed by atoms with Gasteiger partial charge in [0.15, 0.2) is 0 Å². The molecule has 0 spiro atoms. The van der Waals surface area contributed by atoms with Crippen molar-refractivity contribution in [3.05, 3.63) is 29.1 Å². The van der Waals surface area contributed by atoms with E-state index in [2.05, 4.69) is 48.1 Å². The molecule has 0 saturated carbocycles. The van der Waals surface area contributed by atoms with Gasteiger partial charge in [-0.3, -0.25) is 14.8 Å². The van der Waals surface area contributed by atoms with E-state index in [0.29, 0.717) is 12.1 Å². The van der Waals surface area contributed by atoms with E-state index in [1.807, 2.05) is 0 Å². The Morgan fingerprint density at radius 2 is 1.88 bits per heavy atom. The first-order valence-corrected chi connectivity index (χ1v) is 8.62. The summed E-state index contributed by atoms with van der Waals surface area (Å²) in [6.07, 6.45) is 7.68. The Hall–Kier alpha value is -0.100. The van der Waals surface area contributed by atoms with Crippen LogP contribution in [0.4, 0.5) is 0 Å². The highest BCUT2D eigenvalue weighted by atomic mass is 35.5. The van der Waals surface area contributed by atoms with Crippen LogP contribution in [0.5, 0.6) is 0 Å². The Balaban J connectivity index is 0.00000192. The predicted molar refractivity (Wildman–Crippen MR) is 111 cm³/mol. The van der Waals surface area contributed by atoms with Crippen LogP contribution in [0, 0.1) is 0 Å². The lowest BCUT2D eigenvalue weighted by Crippen LogP contribution is -2.42. The maximum atomic E-state index is 5.50. The van der Waals surface area contributed by atoms with E-state index in [1.54, 1.807) is 5.56 Å². The second kappa shape index (κ2) is 11.6. The fraction of sp³-hybridized carbons (Fsp3) is 0.722. The number of halogens is 3. The Morgan fingerprint density at radius 3 is 2.52 bits per heavy atom. The number of fused-ring (bicyclic) bond motifs is 1. The van der Waals surface area contributed by atoms with E-state index < -0.39 is 0 Å². The molecule has 2 aliphatic rings. The molecule has 1 aromatic heterocycles. The molecule has 0 atom stereocenters. The van der Waals surface area contributed by atoms with Crippen LogP contribution >= 0.6 is 37.2 Å². The molecule has 3 heterocycles. The van der Waals surface area contributed by atoms with Gasteiger partial charge in [0.1, 0.15) is 0 Å². The van der Waals surface area contributed by atoms with Crippen LogP contribution in [0.3, 0.4) is 0 Å². The zero-order valence-electron chi connectivity index (χ0n) is 15.4. The molecule has 0 radical (unpaired) electrons. The van der Waals surface area contributed by atoms with Crippen LogP contribution in [0.25, 0.3) is 0 Å². The minimum atomic E-state index is 0. The molecule has 1 aromatic rings. The molecule has 0 unspecified atom stereocenters. The van der Waals surface area contributed by atoms with Gasteiger partial charge < -0.3 is 4.74 Å².